The zero-order valence-corrected chi connectivity index (χ0v) is 14.6. The van der Waals surface area contributed by atoms with Gasteiger partial charge < -0.3 is 5.11 Å². The van der Waals surface area contributed by atoms with Crippen LogP contribution in [-0.2, 0) is 13.2 Å². The molecule has 1 aliphatic heterocycles. The van der Waals surface area contributed by atoms with Crippen LogP contribution in [0.3, 0.4) is 0 Å². The third-order valence-corrected chi connectivity index (χ3v) is 5.25. The number of halogens is 2. The van der Waals surface area contributed by atoms with Crippen molar-refractivity contribution < 1.29 is 9.50 Å². The highest BCUT2D eigenvalue weighted by molar-refractivity contribution is 9.10. The lowest BCUT2D eigenvalue weighted by Gasteiger charge is -2.33. The van der Waals surface area contributed by atoms with Crippen LogP contribution in [0.2, 0.25) is 0 Å². The summed E-state index contributed by atoms with van der Waals surface area (Å²) in [6, 6.07) is 13.4. The Labute approximate surface area is 145 Å². The molecular weight excluding hydrogens is 357 g/mol. The lowest BCUT2D eigenvalue weighted by molar-refractivity contribution is 0.203. The van der Waals surface area contributed by atoms with Crippen molar-refractivity contribution >= 4 is 15.9 Å². The minimum absolute atomic E-state index is 0.111. The molecule has 0 unspecified atom stereocenters. The SMILES string of the molecule is OCc1ccccc1C1CCN(Cc2ccc(F)c(Br)c2)CC1. The Kier molecular flexibility index (Phi) is 5.46. The van der Waals surface area contributed by atoms with E-state index in [1.54, 1.807) is 0 Å². The second kappa shape index (κ2) is 7.56. The van der Waals surface area contributed by atoms with Crippen molar-refractivity contribution in [3.05, 3.63) is 69.4 Å². The van der Waals surface area contributed by atoms with Crippen molar-refractivity contribution in [1.82, 2.24) is 4.90 Å². The van der Waals surface area contributed by atoms with Crippen molar-refractivity contribution in [2.45, 2.75) is 31.9 Å². The predicted molar refractivity (Wildman–Crippen MR) is 93.7 cm³/mol. The largest absolute Gasteiger partial charge is 0.392 e. The summed E-state index contributed by atoms with van der Waals surface area (Å²) in [4.78, 5) is 2.41. The molecule has 0 spiro atoms. The summed E-state index contributed by atoms with van der Waals surface area (Å²) in [6.07, 6.45) is 2.19. The Morgan fingerprint density at radius 3 is 2.57 bits per heavy atom. The van der Waals surface area contributed by atoms with E-state index in [-0.39, 0.29) is 12.4 Å². The molecular formula is C19H21BrFNO. The van der Waals surface area contributed by atoms with Crippen LogP contribution in [0, 0.1) is 5.82 Å². The molecule has 1 heterocycles. The molecule has 2 aromatic rings. The molecule has 0 bridgehead atoms. The van der Waals surface area contributed by atoms with Gasteiger partial charge in [0.05, 0.1) is 11.1 Å². The van der Waals surface area contributed by atoms with E-state index in [1.807, 2.05) is 24.3 Å². The van der Waals surface area contributed by atoms with Crippen LogP contribution in [0.5, 0.6) is 0 Å². The van der Waals surface area contributed by atoms with E-state index in [4.69, 9.17) is 0 Å². The summed E-state index contributed by atoms with van der Waals surface area (Å²) in [6.45, 7) is 3.02. The predicted octanol–water partition coefficient (Wildman–Crippen LogP) is 4.46. The number of piperidine rings is 1. The maximum absolute atomic E-state index is 13.3. The van der Waals surface area contributed by atoms with Gasteiger partial charge in [-0.1, -0.05) is 30.3 Å². The molecule has 2 aromatic carbocycles. The molecule has 3 rings (SSSR count). The van der Waals surface area contributed by atoms with Crippen LogP contribution in [-0.4, -0.2) is 23.1 Å². The molecule has 23 heavy (non-hydrogen) atoms. The summed E-state index contributed by atoms with van der Waals surface area (Å²) in [5, 5.41) is 9.50. The number of aliphatic hydroxyl groups excluding tert-OH is 1. The normalized spacial score (nSPS) is 16.7. The van der Waals surface area contributed by atoms with Gasteiger partial charge in [0.15, 0.2) is 0 Å². The first-order chi connectivity index (χ1) is 11.2. The maximum atomic E-state index is 13.3. The average Bonchev–Trinajstić information content (AvgIpc) is 2.59. The molecule has 0 radical (unpaired) electrons. The fraction of sp³-hybridized carbons (Fsp3) is 0.368. The van der Waals surface area contributed by atoms with Crippen molar-refractivity contribution in [2.24, 2.45) is 0 Å². The number of hydrogen-bond donors (Lipinski definition) is 1. The highest BCUT2D eigenvalue weighted by atomic mass is 79.9. The molecule has 2 nitrogen and oxygen atoms in total. The van der Waals surface area contributed by atoms with E-state index in [1.165, 1.54) is 11.6 Å². The van der Waals surface area contributed by atoms with Gasteiger partial charge >= 0.3 is 0 Å². The van der Waals surface area contributed by atoms with E-state index in [2.05, 4.69) is 33.0 Å². The first kappa shape index (κ1) is 16.6. The van der Waals surface area contributed by atoms with Crippen molar-refractivity contribution in [2.75, 3.05) is 13.1 Å². The number of nitrogens with zero attached hydrogens (tertiary/aromatic N) is 1. The van der Waals surface area contributed by atoms with E-state index in [0.29, 0.717) is 10.4 Å². The number of rotatable bonds is 4. The fourth-order valence-electron chi connectivity index (χ4n) is 3.37. The third kappa shape index (κ3) is 4.00. The third-order valence-electron chi connectivity index (χ3n) is 4.64. The Balaban J connectivity index is 1.61. The summed E-state index contributed by atoms with van der Waals surface area (Å²) < 4.78 is 13.8. The van der Waals surface area contributed by atoms with E-state index < -0.39 is 0 Å². The molecule has 1 fully saturated rings. The smallest absolute Gasteiger partial charge is 0.137 e. The minimum atomic E-state index is -0.215. The highest BCUT2D eigenvalue weighted by Gasteiger charge is 2.22. The lowest BCUT2D eigenvalue weighted by atomic mass is 9.86. The summed E-state index contributed by atoms with van der Waals surface area (Å²) in [5.41, 5.74) is 3.47. The first-order valence-corrected chi connectivity index (χ1v) is 8.81. The molecule has 0 aromatic heterocycles. The van der Waals surface area contributed by atoms with Gasteiger partial charge in [-0.2, -0.15) is 0 Å². The molecule has 0 atom stereocenters. The minimum Gasteiger partial charge on any atom is -0.392 e. The maximum Gasteiger partial charge on any atom is 0.137 e. The average molecular weight is 378 g/mol. The fourth-order valence-corrected chi connectivity index (χ4v) is 3.80. The van der Waals surface area contributed by atoms with Crippen LogP contribution in [0.25, 0.3) is 0 Å². The summed E-state index contributed by atoms with van der Waals surface area (Å²) >= 11 is 3.25. The molecule has 0 saturated carbocycles. The number of benzene rings is 2. The molecule has 1 aliphatic rings. The Hall–Kier alpha value is -1.23. The van der Waals surface area contributed by atoms with Gasteiger partial charge in [-0.05, 0) is 76.6 Å². The van der Waals surface area contributed by atoms with Crippen molar-refractivity contribution in [3.8, 4) is 0 Å². The number of likely N-dealkylation sites (tertiary alicyclic amines) is 1. The van der Waals surface area contributed by atoms with E-state index in [9.17, 15) is 9.50 Å². The number of aliphatic hydroxyl groups is 1. The summed E-state index contributed by atoms with van der Waals surface area (Å²) in [7, 11) is 0. The molecule has 1 N–H and O–H groups in total. The van der Waals surface area contributed by atoms with Gasteiger partial charge in [-0.15, -0.1) is 0 Å². The molecule has 1 saturated heterocycles. The van der Waals surface area contributed by atoms with Gasteiger partial charge in [-0.25, -0.2) is 4.39 Å². The lowest BCUT2D eigenvalue weighted by Crippen LogP contribution is -2.32. The number of hydrogen-bond acceptors (Lipinski definition) is 2. The zero-order chi connectivity index (χ0) is 16.2. The Morgan fingerprint density at radius 1 is 1.13 bits per heavy atom. The first-order valence-electron chi connectivity index (χ1n) is 8.02. The van der Waals surface area contributed by atoms with Crippen LogP contribution < -0.4 is 0 Å². The van der Waals surface area contributed by atoms with Crippen molar-refractivity contribution in [1.29, 1.82) is 0 Å². The molecule has 0 amide bonds. The molecule has 122 valence electrons. The van der Waals surface area contributed by atoms with Crippen LogP contribution in [0.1, 0.15) is 35.4 Å². The molecule has 0 aliphatic carbocycles. The Bertz CT molecular complexity index is 668. The van der Waals surface area contributed by atoms with E-state index >= 15 is 0 Å². The standard InChI is InChI=1S/C19H21BrFNO/c20-18-11-14(5-6-19(18)21)12-22-9-7-15(8-10-22)17-4-2-1-3-16(17)13-23/h1-6,11,15,23H,7-10,12-13H2. The topological polar surface area (TPSA) is 23.5 Å². The van der Waals surface area contributed by atoms with Gasteiger partial charge in [0.1, 0.15) is 5.82 Å². The highest BCUT2D eigenvalue weighted by Crippen LogP contribution is 2.31. The van der Waals surface area contributed by atoms with Gasteiger partial charge in [0.2, 0.25) is 0 Å². The van der Waals surface area contributed by atoms with Crippen molar-refractivity contribution in [3.63, 3.8) is 0 Å². The van der Waals surface area contributed by atoms with Gasteiger partial charge in [0, 0.05) is 6.54 Å². The Morgan fingerprint density at radius 2 is 1.87 bits per heavy atom. The van der Waals surface area contributed by atoms with Crippen LogP contribution in [0.15, 0.2) is 46.9 Å². The zero-order valence-electron chi connectivity index (χ0n) is 13.0. The van der Waals surface area contributed by atoms with Gasteiger partial charge in [-0.3, -0.25) is 4.90 Å². The quantitative estimate of drug-likeness (QED) is 0.849. The monoisotopic (exact) mass is 377 g/mol. The van der Waals surface area contributed by atoms with Crippen LogP contribution in [0.4, 0.5) is 4.39 Å². The van der Waals surface area contributed by atoms with E-state index in [0.717, 1.165) is 43.6 Å². The van der Waals surface area contributed by atoms with Crippen LogP contribution >= 0.6 is 15.9 Å². The van der Waals surface area contributed by atoms with Gasteiger partial charge in [0.25, 0.3) is 0 Å². The second-order valence-corrected chi connectivity index (χ2v) is 7.01. The summed E-state index contributed by atoms with van der Waals surface area (Å²) in [5.74, 6) is 0.308. The second-order valence-electron chi connectivity index (χ2n) is 6.16. The molecule has 4 heteroatoms.